The summed E-state index contributed by atoms with van der Waals surface area (Å²) in [4.78, 5) is 12.0. The van der Waals surface area contributed by atoms with Crippen molar-refractivity contribution >= 4 is 54.7 Å². The van der Waals surface area contributed by atoms with Gasteiger partial charge >= 0.3 is 5.97 Å². The summed E-state index contributed by atoms with van der Waals surface area (Å²) < 4.78 is 33.6. The molecule has 0 amide bonds. The molecule has 3 rings (SSSR count). The van der Waals surface area contributed by atoms with Crippen LogP contribution in [0.5, 0.6) is 0 Å². The molecule has 8 heteroatoms. The first-order chi connectivity index (χ1) is 11.4. The Balaban J connectivity index is 2.20. The van der Waals surface area contributed by atoms with Gasteiger partial charge in [0.1, 0.15) is 9.77 Å². The van der Waals surface area contributed by atoms with Crippen LogP contribution >= 0.6 is 22.9 Å². The highest BCUT2D eigenvalue weighted by Crippen LogP contribution is 2.36. The summed E-state index contributed by atoms with van der Waals surface area (Å²) in [5.74, 6) is -0.698. The van der Waals surface area contributed by atoms with Crippen LogP contribution in [0.4, 0.5) is 5.69 Å². The summed E-state index contributed by atoms with van der Waals surface area (Å²) in [6.45, 7) is 0. The fourth-order valence-corrected chi connectivity index (χ4v) is 5.39. The van der Waals surface area contributed by atoms with Crippen LogP contribution in [0.2, 0.25) is 5.02 Å². The maximum absolute atomic E-state index is 12.9. The highest BCUT2D eigenvalue weighted by atomic mass is 35.5. The van der Waals surface area contributed by atoms with Crippen LogP contribution in [0.1, 0.15) is 9.67 Å². The summed E-state index contributed by atoms with van der Waals surface area (Å²) in [5.41, 5.74) is 0.241. The van der Waals surface area contributed by atoms with Gasteiger partial charge in [-0.2, -0.15) is 0 Å². The molecule has 0 unspecified atom stereocenters. The fourth-order valence-electron chi connectivity index (χ4n) is 2.26. The molecule has 0 fully saturated rings. The van der Waals surface area contributed by atoms with Crippen LogP contribution in [0, 0.1) is 0 Å². The molecule has 24 heavy (non-hydrogen) atoms. The maximum Gasteiger partial charge on any atom is 0.349 e. The molecule has 2 aromatic carbocycles. The molecule has 0 saturated heterocycles. The SMILES string of the molecule is COC(=O)c1sc2ccccc2c1S(=O)(=O)Nc1ccccc1Cl. The summed E-state index contributed by atoms with van der Waals surface area (Å²) in [6.07, 6.45) is 0. The van der Waals surface area contributed by atoms with E-state index in [1.54, 1.807) is 48.5 Å². The smallest absolute Gasteiger partial charge is 0.349 e. The summed E-state index contributed by atoms with van der Waals surface area (Å²) in [7, 11) is -2.82. The number of nitrogens with one attached hydrogen (secondary N) is 1. The Morgan fingerprint density at radius 3 is 2.50 bits per heavy atom. The topological polar surface area (TPSA) is 72.5 Å². The number of hydrogen-bond donors (Lipinski definition) is 1. The quantitative estimate of drug-likeness (QED) is 0.689. The highest BCUT2D eigenvalue weighted by Gasteiger charge is 2.29. The zero-order chi connectivity index (χ0) is 17.3. The lowest BCUT2D eigenvalue weighted by Gasteiger charge is -2.10. The average molecular weight is 382 g/mol. The first-order valence-corrected chi connectivity index (χ1v) is 9.49. The summed E-state index contributed by atoms with van der Waals surface area (Å²) >= 11 is 7.10. The molecule has 0 radical (unpaired) electrons. The number of carbonyl (C=O) groups excluding carboxylic acids is 1. The van der Waals surface area contributed by atoms with Crippen molar-refractivity contribution < 1.29 is 17.9 Å². The molecule has 0 spiro atoms. The van der Waals surface area contributed by atoms with Crippen LogP contribution in [0.3, 0.4) is 0 Å². The number of carbonyl (C=O) groups is 1. The third kappa shape index (κ3) is 2.98. The lowest BCUT2D eigenvalue weighted by molar-refractivity contribution is 0.0602. The number of sulfonamides is 1. The normalized spacial score (nSPS) is 11.4. The van der Waals surface area contributed by atoms with Gasteiger partial charge in [0.2, 0.25) is 0 Å². The van der Waals surface area contributed by atoms with Crippen molar-refractivity contribution in [3.8, 4) is 0 Å². The van der Waals surface area contributed by atoms with E-state index in [4.69, 9.17) is 16.3 Å². The standard InChI is InChI=1S/C16H12ClNO4S2/c1-22-16(19)14-15(10-6-2-5-9-13(10)23-14)24(20,21)18-12-8-4-3-7-11(12)17/h2-9,18H,1H3. The molecular weight excluding hydrogens is 370 g/mol. The Bertz CT molecular complexity index is 1030. The predicted octanol–water partition coefficient (Wildman–Crippen LogP) is 4.14. The number of methoxy groups -OCH3 is 1. The van der Waals surface area contributed by atoms with Gasteiger partial charge in [-0.05, 0) is 18.2 Å². The molecule has 0 aliphatic rings. The number of anilines is 1. The number of benzene rings is 2. The van der Waals surface area contributed by atoms with Crippen molar-refractivity contribution in [2.45, 2.75) is 4.90 Å². The van der Waals surface area contributed by atoms with Gasteiger partial charge in [0.15, 0.2) is 0 Å². The number of para-hydroxylation sites is 1. The van der Waals surface area contributed by atoms with Gasteiger partial charge < -0.3 is 4.74 Å². The summed E-state index contributed by atoms with van der Waals surface area (Å²) in [5, 5.41) is 0.725. The van der Waals surface area contributed by atoms with Gasteiger partial charge in [-0.3, -0.25) is 4.72 Å². The minimum atomic E-state index is -4.03. The molecule has 0 aliphatic heterocycles. The Labute approximate surface area is 147 Å². The van der Waals surface area contributed by atoms with E-state index in [2.05, 4.69) is 4.72 Å². The molecule has 0 bridgehead atoms. The van der Waals surface area contributed by atoms with Crippen molar-refractivity contribution in [1.29, 1.82) is 0 Å². The molecule has 1 N–H and O–H groups in total. The molecular formula is C16H12ClNO4S2. The second-order valence-electron chi connectivity index (χ2n) is 4.83. The monoisotopic (exact) mass is 381 g/mol. The number of hydrogen-bond acceptors (Lipinski definition) is 5. The Morgan fingerprint density at radius 2 is 1.79 bits per heavy atom. The van der Waals surface area contributed by atoms with Gasteiger partial charge in [-0.1, -0.05) is 41.9 Å². The number of rotatable bonds is 4. The number of thiophene rings is 1. The second-order valence-corrected chi connectivity index (χ2v) is 7.91. The van der Waals surface area contributed by atoms with Gasteiger partial charge in [-0.25, -0.2) is 13.2 Å². The van der Waals surface area contributed by atoms with E-state index >= 15 is 0 Å². The first-order valence-electron chi connectivity index (χ1n) is 6.81. The van der Waals surface area contributed by atoms with E-state index in [1.807, 2.05) is 0 Å². The number of halogens is 1. The minimum Gasteiger partial charge on any atom is -0.465 e. The number of fused-ring (bicyclic) bond motifs is 1. The highest BCUT2D eigenvalue weighted by molar-refractivity contribution is 7.93. The zero-order valence-corrected chi connectivity index (χ0v) is 14.8. The molecule has 3 aromatic rings. The Morgan fingerprint density at radius 1 is 1.12 bits per heavy atom. The van der Waals surface area contributed by atoms with Crippen LogP contribution in [0.25, 0.3) is 10.1 Å². The van der Waals surface area contributed by atoms with Crippen molar-refractivity contribution in [2.75, 3.05) is 11.8 Å². The largest absolute Gasteiger partial charge is 0.465 e. The van der Waals surface area contributed by atoms with Crippen LogP contribution in [-0.4, -0.2) is 21.5 Å². The van der Waals surface area contributed by atoms with E-state index in [1.165, 1.54) is 7.11 Å². The lowest BCUT2D eigenvalue weighted by atomic mass is 10.2. The van der Waals surface area contributed by atoms with Gasteiger partial charge in [0.05, 0.1) is 17.8 Å². The third-order valence-electron chi connectivity index (χ3n) is 3.31. The van der Waals surface area contributed by atoms with E-state index in [-0.39, 0.29) is 20.5 Å². The van der Waals surface area contributed by atoms with E-state index in [0.717, 1.165) is 11.3 Å². The van der Waals surface area contributed by atoms with Gasteiger partial charge in [-0.15, -0.1) is 11.3 Å². The van der Waals surface area contributed by atoms with E-state index < -0.39 is 16.0 Å². The maximum atomic E-state index is 12.9. The molecule has 5 nitrogen and oxygen atoms in total. The van der Waals surface area contributed by atoms with Gasteiger partial charge in [0.25, 0.3) is 10.0 Å². The molecule has 1 heterocycles. The Hall–Kier alpha value is -2.09. The zero-order valence-electron chi connectivity index (χ0n) is 12.4. The van der Waals surface area contributed by atoms with Crippen molar-refractivity contribution in [3.63, 3.8) is 0 Å². The minimum absolute atomic E-state index is 0.0262. The molecule has 124 valence electrons. The van der Waals surface area contributed by atoms with E-state index in [0.29, 0.717) is 10.1 Å². The summed E-state index contributed by atoms with van der Waals surface area (Å²) in [6, 6.07) is 13.4. The second kappa shape index (κ2) is 6.43. The van der Waals surface area contributed by atoms with Gasteiger partial charge in [0, 0.05) is 10.1 Å². The molecule has 0 saturated carbocycles. The first kappa shape index (κ1) is 16.8. The number of ether oxygens (including phenoxy) is 1. The number of esters is 1. The molecule has 0 atom stereocenters. The average Bonchev–Trinajstić information content (AvgIpc) is 2.96. The molecule has 0 aliphatic carbocycles. The van der Waals surface area contributed by atoms with Crippen LogP contribution in [0.15, 0.2) is 53.4 Å². The van der Waals surface area contributed by atoms with E-state index in [9.17, 15) is 13.2 Å². The lowest BCUT2D eigenvalue weighted by Crippen LogP contribution is -2.16. The van der Waals surface area contributed by atoms with Crippen LogP contribution in [-0.2, 0) is 14.8 Å². The predicted molar refractivity (Wildman–Crippen MR) is 95.4 cm³/mol. The van der Waals surface area contributed by atoms with Crippen molar-refractivity contribution in [3.05, 3.63) is 58.4 Å². The molecule has 1 aromatic heterocycles. The Kier molecular flexibility index (Phi) is 4.49. The van der Waals surface area contributed by atoms with Crippen molar-refractivity contribution in [1.82, 2.24) is 0 Å². The third-order valence-corrected chi connectivity index (χ3v) is 6.37. The fraction of sp³-hybridized carbons (Fsp3) is 0.0625. The van der Waals surface area contributed by atoms with Crippen LogP contribution < -0.4 is 4.72 Å². The van der Waals surface area contributed by atoms with Crippen molar-refractivity contribution in [2.24, 2.45) is 0 Å².